The molecule has 0 aliphatic rings. The molecule has 0 bridgehead atoms. The highest BCUT2D eigenvalue weighted by Crippen LogP contribution is 2.20. The van der Waals surface area contributed by atoms with Crippen LogP contribution in [0.4, 0.5) is 11.6 Å². The van der Waals surface area contributed by atoms with E-state index in [2.05, 4.69) is 33.6 Å². The Bertz CT molecular complexity index is 943. The summed E-state index contributed by atoms with van der Waals surface area (Å²) >= 11 is 5.95. The molecule has 0 radical (unpaired) electrons. The lowest BCUT2D eigenvalue weighted by Gasteiger charge is -2.10. The van der Waals surface area contributed by atoms with E-state index >= 15 is 0 Å². The number of benzene rings is 2. The standard InChI is InChI=1S/C20H19ClN4O/c1-13-5-3-4-6-15(13)12-23-20-22-10-9-18(25-20)19(26)24-17-8-7-16(21)11-14(17)2/h3-11H,12H2,1-2H3,(H,24,26)(H,22,23,25). The Morgan fingerprint density at radius 3 is 2.65 bits per heavy atom. The van der Waals surface area contributed by atoms with Crippen LogP contribution >= 0.6 is 11.6 Å². The fraction of sp³-hybridized carbons (Fsp3) is 0.150. The number of halogens is 1. The number of anilines is 2. The molecule has 0 saturated carbocycles. The quantitative estimate of drug-likeness (QED) is 0.691. The molecule has 26 heavy (non-hydrogen) atoms. The lowest BCUT2D eigenvalue weighted by molar-refractivity contribution is 0.102. The average Bonchev–Trinajstić information content (AvgIpc) is 2.63. The Kier molecular flexibility index (Phi) is 5.49. The van der Waals surface area contributed by atoms with Crippen molar-refractivity contribution in [3.8, 4) is 0 Å². The molecule has 3 aromatic rings. The maximum atomic E-state index is 12.5. The Hall–Kier alpha value is -2.92. The summed E-state index contributed by atoms with van der Waals surface area (Å²) in [6.07, 6.45) is 1.57. The summed E-state index contributed by atoms with van der Waals surface area (Å²) in [6.45, 7) is 4.53. The molecule has 1 amide bonds. The van der Waals surface area contributed by atoms with Crippen molar-refractivity contribution >= 4 is 29.1 Å². The molecule has 3 rings (SSSR count). The zero-order chi connectivity index (χ0) is 18.5. The van der Waals surface area contributed by atoms with Gasteiger partial charge >= 0.3 is 0 Å². The van der Waals surface area contributed by atoms with E-state index in [1.54, 1.807) is 30.5 Å². The van der Waals surface area contributed by atoms with Crippen molar-refractivity contribution in [2.75, 3.05) is 10.6 Å². The fourth-order valence-corrected chi connectivity index (χ4v) is 2.73. The summed E-state index contributed by atoms with van der Waals surface area (Å²) in [7, 11) is 0. The van der Waals surface area contributed by atoms with Gasteiger partial charge < -0.3 is 10.6 Å². The van der Waals surface area contributed by atoms with Crippen LogP contribution in [0.15, 0.2) is 54.7 Å². The average molecular weight is 367 g/mol. The van der Waals surface area contributed by atoms with Crippen LogP contribution < -0.4 is 10.6 Å². The van der Waals surface area contributed by atoms with Gasteiger partial charge in [-0.3, -0.25) is 4.79 Å². The molecule has 0 aliphatic carbocycles. The summed E-state index contributed by atoms with van der Waals surface area (Å²) in [5, 5.41) is 6.64. The second-order valence-corrected chi connectivity index (χ2v) is 6.40. The van der Waals surface area contributed by atoms with E-state index in [4.69, 9.17) is 11.6 Å². The van der Waals surface area contributed by atoms with Crippen molar-refractivity contribution in [1.82, 2.24) is 9.97 Å². The summed E-state index contributed by atoms with van der Waals surface area (Å²) in [6, 6.07) is 15.0. The van der Waals surface area contributed by atoms with Crippen LogP contribution in [0.5, 0.6) is 0 Å². The molecule has 0 fully saturated rings. The summed E-state index contributed by atoms with van der Waals surface area (Å²) in [4.78, 5) is 21.0. The normalized spacial score (nSPS) is 10.4. The van der Waals surface area contributed by atoms with Gasteiger partial charge in [-0.05, 0) is 54.8 Å². The Morgan fingerprint density at radius 2 is 1.88 bits per heavy atom. The van der Waals surface area contributed by atoms with Crippen LogP contribution in [0.1, 0.15) is 27.2 Å². The first-order valence-electron chi connectivity index (χ1n) is 8.22. The molecule has 5 nitrogen and oxygen atoms in total. The molecule has 1 heterocycles. The van der Waals surface area contributed by atoms with E-state index in [1.807, 2.05) is 25.1 Å². The number of aryl methyl sites for hydroxylation is 2. The first-order valence-corrected chi connectivity index (χ1v) is 8.59. The minimum absolute atomic E-state index is 0.293. The molecule has 2 N–H and O–H groups in total. The van der Waals surface area contributed by atoms with E-state index in [0.29, 0.717) is 28.9 Å². The van der Waals surface area contributed by atoms with Gasteiger partial charge in [0, 0.05) is 23.5 Å². The molecule has 132 valence electrons. The van der Waals surface area contributed by atoms with E-state index < -0.39 is 0 Å². The SMILES string of the molecule is Cc1ccccc1CNc1nccc(C(=O)Nc2ccc(Cl)cc2C)n1. The summed E-state index contributed by atoms with van der Waals surface area (Å²) in [5.41, 5.74) is 4.22. The van der Waals surface area contributed by atoms with Crippen LogP contribution in [0, 0.1) is 13.8 Å². The lowest BCUT2D eigenvalue weighted by atomic mass is 10.1. The second kappa shape index (κ2) is 7.97. The third-order valence-electron chi connectivity index (χ3n) is 4.02. The minimum atomic E-state index is -0.295. The van der Waals surface area contributed by atoms with Crippen LogP contribution in [-0.2, 0) is 6.54 Å². The Morgan fingerprint density at radius 1 is 1.08 bits per heavy atom. The molecular formula is C20H19ClN4O. The number of nitrogens with one attached hydrogen (secondary N) is 2. The monoisotopic (exact) mass is 366 g/mol. The highest BCUT2D eigenvalue weighted by molar-refractivity contribution is 6.30. The van der Waals surface area contributed by atoms with Gasteiger partial charge in [-0.25, -0.2) is 9.97 Å². The van der Waals surface area contributed by atoms with Crippen molar-refractivity contribution in [2.24, 2.45) is 0 Å². The highest BCUT2D eigenvalue weighted by Gasteiger charge is 2.11. The Labute approximate surface area is 157 Å². The number of hydrogen-bond donors (Lipinski definition) is 2. The van der Waals surface area contributed by atoms with E-state index in [0.717, 1.165) is 11.1 Å². The molecule has 1 aromatic heterocycles. The van der Waals surface area contributed by atoms with Crippen LogP contribution in [-0.4, -0.2) is 15.9 Å². The zero-order valence-electron chi connectivity index (χ0n) is 14.6. The molecule has 0 unspecified atom stereocenters. The molecule has 0 saturated heterocycles. The van der Waals surface area contributed by atoms with E-state index in [-0.39, 0.29) is 5.91 Å². The first-order chi connectivity index (χ1) is 12.5. The van der Waals surface area contributed by atoms with Gasteiger partial charge in [0.1, 0.15) is 5.69 Å². The summed E-state index contributed by atoms with van der Waals surface area (Å²) < 4.78 is 0. The van der Waals surface area contributed by atoms with Crippen molar-refractivity contribution in [1.29, 1.82) is 0 Å². The van der Waals surface area contributed by atoms with Gasteiger partial charge in [0.15, 0.2) is 0 Å². The van der Waals surface area contributed by atoms with Crippen LogP contribution in [0.3, 0.4) is 0 Å². The van der Waals surface area contributed by atoms with Crippen LogP contribution in [0.2, 0.25) is 5.02 Å². The maximum absolute atomic E-state index is 12.5. The number of carbonyl (C=O) groups excluding carboxylic acids is 1. The maximum Gasteiger partial charge on any atom is 0.274 e. The first kappa shape index (κ1) is 17.9. The largest absolute Gasteiger partial charge is 0.350 e. The predicted molar refractivity (Wildman–Crippen MR) is 105 cm³/mol. The number of amides is 1. The van der Waals surface area contributed by atoms with Crippen molar-refractivity contribution < 1.29 is 4.79 Å². The predicted octanol–water partition coefficient (Wildman–Crippen LogP) is 4.61. The van der Waals surface area contributed by atoms with Gasteiger partial charge in [-0.2, -0.15) is 0 Å². The van der Waals surface area contributed by atoms with Gasteiger partial charge in [0.25, 0.3) is 5.91 Å². The number of carbonyl (C=O) groups is 1. The molecule has 0 aliphatic heterocycles. The number of nitrogens with zero attached hydrogens (tertiary/aromatic N) is 2. The lowest BCUT2D eigenvalue weighted by Crippen LogP contribution is -2.16. The van der Waals surface area contributed by atoms with E-state index in [1.165, 1.54) is 5.56 Å². The number of aromatic nitrogens is 2. The number of rotatable bonds is 5. The third kappa shape index (κ3) is 4.37. The van der Waals surface area contributed by atoms with Gasteiger partial charge in [0.2, 0.25) is 5.95 Å². The molecular weight excluding hydrogens is 348 g/mol. The minimum Gasteiger partial charge on any atom is -0.350 e. The molecule has 0 atom stereocenters. The van der Waals surface area contributed by atoms with Gasteiger partial charge in [-0.1, -0.05) is 35.9 Å². The van der Waals surface area contributed by atoms with Gasteiger partial charge in [0.05, 0.1) is 0 Å². The van der Waals surface area contributed by atoms with Crippen LogP contribution in [0.25, 0.3) is 0 Å². The van der Waals surface area contributed by atoms with Crippen molar-refractivity contribution in [3.05, 3.63) is 82.1 Å². The fourth-order valence-electron chi connectivity index (χ4n) is 2.51. The zero-order valence-corrected chi connectivity index (χ0v) is 15.3. The van der Waals surface area contributed by atoms with Gasteiger partial charge in [-0.15, -0.1) is 0 Å². The van der Waals surface area contributed by atoms with E-state index in [9.17, 15) is 4.79 Å². The number of hydrogen-bond acceptors (Lipinski definition) is 4. The molecule has 6 heteroatoms. The van der Waals surface area contributed by atoms with Crippen molar-refractivity contribution in [2.45, 2.75) is 20.4 Å². The second-order valence-electron chi connectivity index (χ2n) is 5.96. The summed E-state index contributed by atoms with van der Waals surface area (Å²) in [5.74, 6) is 0.116. The topological polar surface area (TPSA) is 66.9 Å². The van der Waals surface area contributed by atoms with Crippen molar-refractivity contribution in [3.63, 3.8) is 0 Å². The molecule has 0 spiro atoms. The highest BCUT2D eigenvalue weighted by atomic mass is 35.5. The Balaban J connectivity index is 1.70. The third-order valence-corrected chi connectivity index (χ3v) is 4.26. The smallest absolute Gasteiger partial charge is 0.274 e. The molecule has 2 aromatic carbocycles.